The molecule has 0 aliphatic rings. The van der Waals surface area contributed by atoms with Crippen LogP contribution >= 0.6 is 15.9 Å². The molecule has 84 valence electrons. The van der Waals surface area contributed by atoms with E-state index in [4.69, 9.17) is 5.73 Å². The summed E-state index contributed by atoms with van der Waals surface area (Å²) in [7, 11) is 4.18. The van der Waals surface area contributed by atoms with Gasteiger partial charge in [-0.25, -0.2) is 0 Å². The lowest BCUT2D eigenvalue weighted by molar-refractivity contribution is 0.382. The standard InChI is InChI=1S/C12H19BrN2/c1-15(2)8-7-11(9-14)10-3-5-12(13)6-4-10/h3-6,11H,7-9,14H2,1-2H3. The first-order valence-corrected chi connectivity index (χ1v) is 6.03. The van der Waals surface area contributed by atoms with Crippen molar-refractivity contribution in [1.29, 1.82) is 0 Å². The second-order valence-electron chi connectivity index (χ2n) is 4.08. The van der Waals surface area contributed by atoms with Gasteiger partial charge in [0.25, 0.3) is 0 Å². The molecule has 1 atom stereocenters. The topological polar surface area (TPSA) is 29.3 Å². The first kappa shape index (κ1) is 12.7. The molecule has 0 aliphatic heterocycles. The SMILES string of the molecule is CN(C)CCC(CN)c1ccc(Br)cc1. The predicted molar refractivity (Wildman–Crippen MR) is 69.1 cm³/mol. The first-order chi connectivity index (χ1) is 7.13. The fraction of sp³-hybridized carbons (Fsp3) is 0.500. The van der Waals surface area contributed by atoms with E-state index >= 15 is 0 Å². The molecule has 0 aliphatic carbocycles. The van der Waals surface area contributed by atoms with Gasteiger partial charge in [-0.3, -0.25) is 0 Å². The highest BCUT2D eigenvalue weighted by Gasteiger charge is 2.09. The lowest BCUT2D eigenvalue weighted by atomic mass is 9.96. The molecule has 0 amide bonds. The minimum atomic E-state index is 0.473. The van der Waals surface area contributed by atoms with Crippen molar-refractivity contribution in [2.45, 2.75) is 12.3 Å². The van der Waals surface area contributed by atoms with Gasteiger partial charge in [-0.2, -0.15) is 0 Å². The summed E-state index contributed by atoms with van der Waals surface area (Å²) in [5, 5.41) is 0. The molecular weight excluding hydrogens is 252 g/mol. The van der Waals surface area contributed by atoms with Crippen molar-refractivity contribution in [3.05, 3.63) is 34.3 Å². The van der Waals surface area contributed by atoms with Gasteiger partial charge in [-0.05, 0) is 57.2 Å². The van der Waals surface area contributed by atoms with Gasteiger partial charge < -0.3 is 10.6 Å². The molecule has 0 bridgehead atoms. The van der Waals surface area contributed by atoms with Crippen molar-refractivity contribution in [2.24, 2.45) is 5.73 Å². The van der Waals surface area contributed by atoms with Gasteiger partial charge in [-0.1, -0.05) is 28.1 Å². The number of hydrogen-bond donors (Lipinski definition) is 1. The third-order valence-electron chi connectivity index (χ3n) is 2.55. The van der Waals surface area contributed by atoms with E-state index in [0.717, 1.165) is 24.0 Å². The summed E-state index contributed by atoms with van der Waals surface area (Å²) in [6.07, 6.45) is 1.12. The Hall–Kier alpha value is -0.380. The van der Waals surface area contributed by atoms with Gasteiger partial charge in [-0.15, -0.1) is 0 Å². The number of nitrogens with two attached hydrogens (primary N) is 1. The largest absolute Gasteiger partial charge is 0.330 e. The van der Waals surface area contributed by atoms with Crippen molar-refractivity contribution in [2.75, 3.05) is 27.2 Å². The monoisotopic (exact) mass is 270 g/mol. The van der Waals surface area contributed by atoms with E-state index in [1.807, 2.05) is 0 Å². The van der Waals surface area contributed by atoms with E-state index in [1.165, 1.54) is 5.56 Å². The van der Waals surface area contributed by atoms with Crippen LogP contribution in [-0.2, 0) is 0 Å². The smallest absolute Gasteiger partial charge is 0.0175 e. The average Bonchev–Trinajstić information content (AvgIpc) is 2.21. The molecule has 3 heteroatoms. The Morgan fingerprint density at radius 1 is 1.27 bits per heavy atom. The summed E-state index contributed by atoms with van der Waals surface area (Å²) in [4.78, 5) is 2.20. The highest BCUT2D eigenvalue weighted by Crippen LogP contribution is 2.20. The van der Waals surface area contributed by atoms with Gasteiger partial charge >= 0.3 is 0 Å². The van der Waals surface area contributed by atoms with Crippen LogP contribution in [0.25, 0.3) is 0 Å². The fourth-order valence-corrected chi connectivity index (χ4v) is 1.83. The van der Waals surface area contributed by atoms with Gasteiger partial charge in [0.15, 0.2) is 0 Å². The zero-order valence-electron chi connectivity index (χ0n) is 9.41. The zero-order chi connectivity index (χ0) is 11.3. The van der Waals surface area contributed by atoms with Crippen LogP contribution < -0.4 is 5.73 Å². The molecule has 2 nitrogen and oxygen atoms in total. The maximum Gasteiger partial charge on any atom is 0.0175 e. The highest BCUT2D eigenvalue weighted by molar-refractivity contribution is 9.10. The molecular formula is C12H19BrN2. The summed E-state index contributed by atoms with van der Waals surface area (Å²) >= 11 is 3.44. The number of benzene rings is 1. The molecule has 0 fully saturated rings. The van der Waals surface area contributed by atoms with Crippen molar-refractivity contribution in [3.8, 4) is 0 Å². The Morgan fingerprint density at radius 3 is 2.33 bits per heavy atom. The molecule has 15 heavy (non-hydrogen) atoms. The molecule has 1 aromatic rings. The molecule has 2 N–H and O–H groups in total. The lowest BCUT2D eigenvalue weighted by Gasteiger charge is -2.18. The molecule has 1 rings (SSSR count). The molecule has 0 saturated heterocycles. The van der Waals surface area contributed by atoms with Gasteiger partial charge in [0.05, 0.1) is 0 Å². The minimum absolute atomic E-state index is 0.473. The van der Waals surface area contributed by atoms with Crippen LogP contribution in [0.3, 0.4) is 0 Å². The summed E-state index contributed by atoms with van der Waals surface area (Å²) in [6, 6.07) is 8.45. The Morgan fingerprint density at radius 2 is 1.87 bits per heavy atom. The van der Waals surface area contributed by atoms with Crippen LogP contribution in [0.1, 0.15) is 17.9 Å². The van der Waals surface area contributed by atoms with Crippen LogP contribution in [0.2, 0.25) is 0 Å². The zero-order valence-corrected chi connectivity index (χ0v) is 11.0. The van der Waals surface area contributed by atoms with Crippen LogP contribution in [0.4, 0.5) is 0 Å². The number of halogens is 1. The number of rotatable bonds is 5. The normalized spacial score (nSPS) is 13.1. The number of nitrogens with zero attached hydrogens (tertiary/aromatic N) is 1. The van der Waals surface area contributed by atoms with E-state index < -0.39 is 0 Å². The van der Waals surface area contributed by atoms with E-state index in [9.17, 15) is 0 Å². The van der Waals surface area contributed by atoms with Crippen molar-refractivity contribution in [3.63, 3.8) is 0 Å². The molecule has 1 unspecified atom stereocenters. The minimum Gasteiger partial charge on any atom is -0.330 e. The van der Waals surface area contributed by atoms with Crippen LogP contribution in [-0.4, -0.2) is 32.1 Å². The van der Waals surface area contributed by atoms with Crippen molar-refractivity contribution < 1.29 is 0 Å². The molecule has 0 heterocycles. The average molecular weight is 271 g/mol. The third kappa shape index (κ3) is 4.33. The lowest BCUT2D eigenvalue weighted by Crippen LogP contribution is -2.20. The molecule has 0 aromatic heterocycles. The Balaban J connectivity index is 2.61. The highest BCUT2D eigenvalue weighted by atomic mass is 79.9. The Bertz CT molecular complexity index is 282. The van der Waals surface area contributed by atoms with Crippen molar-refractivity contribution in [1.82, 2.24) is 4.90 Å². The van der Waals surface area contributed by atoms with E-state index in [2.05, 4.69) is 59.2 Å². The van der Waals surface area contributed by atoms with E-state index in [1.54, 1.807) is 0 Å². The fourth-order valence-electron chi connectivity index (χ4n) is 1.57. The molecule has 0 spiro atoms. The Labute approximate surface area is 101 Å². The van der Waals surface area contributed by atoms with Crippen LogP contribution in [0.15, 0.2) is 28.7 Å². The quantitative estimate of drug-likeness (QED) is 0.891. The third-order valence-corrected chi connectivity index (χ3v) is 3.08. The van der Waals surface area contributed by atoms with Crippen molar-refractivity contribution >= 4 is 15.9 Å². The van der Waals surface area contributed by atoms with Gasteiger partial charge in [0.2, 0.25) is 0 Å². The number of hydrogen-bond acceptors (Lipinski definition) is 2. The van der Waals surface area contributed by atoms with Crippen LogP contribution in [0, 0.1) is 0 Å². The summed E-state index contributed by atoms with van der Waals surface area (Å²) in [5.41, 5.74) is 7.13. The summed E-state index contributed by atoms with van der Waals surface area (Å²) in [5.74, 6) is 0.473. The second kappa shape index (κ2) is 6.26. The molecule has 0 radical (unpaired) electrons. The van der Waals surface area contributed by atoms with E-state index in [-0.39, 0.29) is 0 Å². The Kier molecular flexibility index (Phi) is 5.29. The van der Waals surface area contributed by atoms with Crippen LogP contribution in [0.5, 0.6) is 0 Å². The van der Waals surface area contributed by atoms with E-state index in [0.29, 0.717) is 5.92 Å². The van der Waals surface area contributed by atoms with Gasteiger partial charge in [0, 0.05) is 4.47 Å². The molecule has 0 saturated carbocycles. The first-order valence-electron chi connectivity index (χ1n) is 5.23. The predicted octanol–water partition coefficient (Wildman–Crippen LogP) is 2.44. The molecule has 1 aromatic carbocycles. The second-order valence-corrected chi connectivity index (χ2v) is 4.99. The maximum absolute atomic E-state index is 5.80. The summed E-state index contributed by atoms with van der Waals surface area (Å²) in [6.45, 7) is 1.80. The summed E-state index contributed by atoms with van der Waals surface area (Å²) < 4.78 is 1.12. The van der Waals surface area contributed by atoms with Gasteiger partial charge in [0.1, 0.15) is 0 Å². The maximum atomic E-state index is 5.80.